The summed E-state index contributed by atoms with van der Waals surface area (Å²) in [6, 6.07) is 6.11. The standard InChI is InChI=1S/C23H29NO5/c1-4-29-19(26)7-15-10-23(27)20-21(13-24(20)2)9-14-5-6-16(28-3)8-17(14)22(23,12-21)11-18(15)25/h5-6,8,15,20,27H,4,7,9-13H2,1-3H3/t15-,20?,21?,22-,23+/m0/s1. The van der Waals surface area contributed by atoms with Crippen molar-refractivity contribution >= 4 is 11.8 Å². The maximum absolute atomic E-state index is 13.2. The summed E-state index contributed by atoms with van der Waals surface area (Å²) in [6.45, 7) is 3.00. The van der Waals surface area contributed by atoms with Crippen LogP contribution in [0.4, 0.5) is 0 Å². The highest BCUT2D eigenvalue weighted by Gasteiger charge is 2.78. The summed E-state index contributed by atoms with van der Waals surface area (Å²) < 4.78 is 10.6. The van der Waals surface area contributed by atoms with Gasteiger partial charge in [-0.2, -0.15) is 0 Å². The van der Waals surface area contributed by atoms with Gasteiger partial charge in [-0.3, -0.25) is 14.5 Å². The van der Waals surface area contributed by atoms with Crippen LogP contribution < -0.4 is 4.74 Å². The first-order chi connectivity index (χ1) is 13.8. The number of methoxy groups -OCH3 is 1. The lowest BCUT2D eigenvalue weighted by Crippen LogP contribution is -2.70. The van der Waals surface area contributed by atoms with Gasteiger partial charge in [0.1, 0.15) is 11.5 Å². The highest BCUT2D eigenvalue weighted by molar-refractivity contribution is 5.88. The Morgan fingerprint density at radius 1 is 1.34 bits per heavy atom. The second-order valence-electron chi connectivity index (χ2n) is 9.62. The number of nitrogens with zero attached hydrogens (tertiary/aromatic N) is 1. The highest BCUT2D eigenvalue weighted by Crippen LogP contribution is 2.71. The van der Waals surface area contributed by atoms with Crippen molar-refractivity contribution in [2.24, 2.45) is 11.3 Å². The predicted molar refractivity (Wildman–Crippen MR) is 106 cm³/mol. The second kappa shape index (κ2) is 6.05. The highest BCUT2D eigenvalue weighted by atomic mass is 16.5. The van der Waals surface area contributed by atoms with E-state index >= 15 is 0 Å². The number of rotatable bonds is 4. The van der Waals surface area contributed by atoms with Crippen LogP contribution in [0.15, 0.2) is 18.2 Å². The van der Waals surface area contributed by atoms with Gasteiger partial charge >= 0.3 is 5.97 Å². The molecule has 1 aliphatic heterocycles. The van der Waals surface area contributed by atoms with E-state index in [1.165, 1.54) is 5.56 Å². The summed E-state index contributed by atoms with van der Waals surface area (Å²) in [4.78, 5) is 27.6. The lowest BCUT2D eigenvalue weighted by molar-refractivity contribution is -0.166. The minimum absolute atomic E-state index is 0.00415. The number of aliphatic hydroxyl groups is 1. The third kappa shape index (κ3) is 2.30. The molecule has 3 aliphatic carbocycles. The largest absolute Gasteiger partial charge is 0.497 e. The van der Waals surface area contributed by atoms with E-state index in [1.807, 2.05) is 12.1 Å². The van der Waals surface area contributed by atoms with Crippen molar-refractivity contribution in [3.63, 3.8) is 0 Å². The Labute approximate surface area is 171 Å². The number of fused-ring (bicyclic) bond motifs is 2. The molecule has 1 aromatic carbocycles. The predicted octanol–water partition coefficient (Wildman–Crippen LogP) is 1.86. The van der Waals surface area contributed by atoms with Crippen molar-refractivity contribution in [1.82, 2.24) is 4.90 Å². The number of esters is 1. The minimum atomic E-state index is -1.04. The molecule has 2 bridgehead atoms. The van der Waals surface area contributed by atoms with Gasteiger partial charge in [-0.1, -0.05) is 6.07 Å². The average molecular weight is 399 g/mol. The van der Waals surface area contributed by atoms with Crippen molar-refractivity contribution in [3.05, 3.63) is 29.3 Å². The molecule has 0 amide bonds. The third-order valence-corrected chi connectivity index (χ3v) is 8.10. The zero-order valence-electron chi connectivity index (χ0n) is 17.4. The van der Waals surface area contributed by atoms with Gasteiger partial charge in [0, 0.05) is 35.8 Å². The van der Waals surface area contributed by atoms with E-state index in [1.54, 1.807) is 14.0 Å². The van der Waals surface area contributed by atoms with E-state index in [4.69, 9.17) is 9.47 Å². The number of carbonyl (C=O) groups is 2. The lowest BCUT2D eigenvalue weighted by Gasteiger charge is -2.57. The molecule has 1 aromatic rings. The van der Waals surface area contributed by atoms with Gasteiger partial charge in [0.2, 0.25) is 0 Å². The monoisotopic (exact) mass is 399 g/mol. The molecule has 1 N–H and O–H groups in total. The molecule has 29 heavy (non-hydrogen) atoms. The van der Waals surface area contributed by atoms with Gasteiger partial charge in [0.15, 0.2) is 0 Å². The number of carbonyl (C=O) groups excluding carboxylic acids is 2. The van der Waals surface area contributed by atoms with Crippen LogP contribution in [0.2, 0.25) is 0 Å². The molecule has 2 unspecified atom stereocenters. The van der Waals surface area contributed by atoms with Crippen molar-refractivity contribution in [2.75, 3.05) is 27.3 Å². The number of ether oxygens (including phenoxy) is 2. The van der Waals surface area contributed by atoms with Gasteiger partial charge in [-0.25, -0.2) is 0 Å². The van der Waals surface area contributed by atoms with Crippen LogP contribution in [-0.2, 0) is 26.2 Å². The minimum Gasteiger partial charge on any atom is -0.497 e. The molecular weight excluding hydrogens is 370 g/mol. The molecular formula is C23H29NO5. The Bertz CT molecular complexity index is 899. The van der Waals surface area contributed by atoms with E-state index in [-0.39, 0.29) is 36.1 Å². The number of benzene rings is 1. The summed E-state index contributed by atoms with van der Waals surface area (Å²) in [5, 5.41) is 12.3. The molecule has 3 fully saturated rings. The normalized spacial score (nSPS) is 39.8. The number of hydrogen-bond acceptors (Lipinski definition) is 6. The molecule has 2 saturated carbocycles. The van der Waals surface area contributed by atoms with Crippen molar-refractivity contribution in [3.8, 4) is 5.75 Å². The Hall–Kier alpha value is -1.92. The Balaban J connectivity index is 1.61. The molecule has 6 heteroatoms. The SMILES string of the molecule is CCOC(=O)C[C@H]1C[C@@]2(O)C3N(C)CC34Cc3ccc(OC)cc3[C@]2(CC1=O)C4. The quantitative estimate of drug-likeness (QED) is 0.779. The molecule has 6 nitrogen and oxygen atoms in total. The van der Waals surface area contributed by atoms with Crippen LogP contribution in [0.3, 0.4) is 0 Å². The van der Waals surface area contributed by atoms with Gasteiger partial charge < -0.3 is 14.6 Å². The van der Waals surface area contributed by atoms with Crippen molar-refractivity contribution in [1.29, 1.82) is 0 Å². The fourth-order valence-corrected chi connectivity index (χ4v) is 7.43. The third-order valence-electron chi connectivity index (χ3n) is 8.10. The number of ketones is 1. The van der Waals surface area contributed by atoms with Gasteiger partial charge in [0.25, 0.3) is 0 Å². The van der Waals surface area contributed by atoms with E-state index in [0.29, 0.717) is 13.0 Å². The van der Waals surface area contributed by atoms with Crippen LogP contribution >= 0.6 is 0 Å². The van der Waals surface area contributed by atoms with Crippen molar-refractivity contribution < 1.29 is 24.2 Å². The maximum atomic E-state index is 13.2. The van der Waals surface area contributed by atoms with Crippen molar-refractivity contribution in [2.45, 2.75) is 56.1 Å². The zero-order valence-corrected chi connectivity index (χ0v) is 17.4. The van der Waals surface area contributed by atoms with E-state index < -0.39 is 16.9 Å². The van der Waals surface area contributed by atoms with E-state index in [9.17, 15) is 14.7 Å². The summed E-state index contributed by atoms with van der Waals surface area (Å²) in [5.74, 6) is -0.0168. The molecule has 156 valence electrons. The van der Waals surface area contributed by atoms with Crippen LogP contribution in [0.5, 0.6) is 5.75 Å². The lowest BCUT2D eigenvalue weighted by atomic mass is 9.56. The van der Waals surface area contributed by atoms with Crippen LogP contribution in [0.25, 0.3) is 0 Å². The summed E-state index contributed by atoms with van der Waals surface area (Å²) >= 11 is 0. The number of likely N-dealkylation sites (tertiary alicyclic amines) is 1. The van der Waals surface area contributed by atoms with E-state index in [0.717, 1.165) is 30.7 Å². The van der Waals surface area contributed by atoms with E-state index in [2.05, 4.69) is 18.0 Å². The summed E-state index contributed by atoms with van der Waals surface area (Å²) in [6.07, 6.45) is 2.39. The molecule has 5 atom stereocenters. The fraction of sp³-hybridized carbons (Fsp3) is 0.652. The first-order valence-electron chi connectivity index (χ1n) is 10.6. The van der Waals surface area contributed by atoms with Gasteiger partial charge in [-0.05, 0) is 56.5 Å². The van der Waals surface area contributed by atoms with Gasteiger partial charge in [0.05, 0.1) is 25.7 Å². The Morgan fingerprint density at radius 2 is 2.14 bits per heavy atom. The Morgan fingerprint density at radius 3 is 2.83 bits per heavy atom. The molecule has 0 aromatic heterocycles. The first kappa shape index (κ1) is 19.1. The summed E-state index contributed by atoms with van der Waals surface area (Å²) in [5.41, 5.74) is 0.651. The smallest absolute Gasteiger partial charge is 0.306 e. The zero-order chi connectivity index (χ0) is 20.6. The maximum Gasteiger partial charge on any atom is 0.306 e. The first-order valence-corrected chi connectivity index (χ1v) is 10.6. The average Bonchev–Trinajstić information content (AvgIpc) is 2.79. The summed E-state index contributed by atoms with van der Waals surface area (Å²) in [7, 11) is 3.70. The molecule has 1 heterocycles. The topological polar surface area (TPSA) is 76.1 Å². The van der Waals surface area contributed by atoms with Crippen LogP contribution in [-0.4, -0.2) is 60.7 Å². The second-order valence-corrected chi connectivity index (χ2v) is 9.62. The number of hydrogen-bond donors (Lipinski definition) is 1. The molecule has 2 spiro atoms. The molecule has 1 saturated heterocycles. The van der Waals surface area contributed by atoms with Crippen LogP contribution in [0, 0.1) is 11.3 Å². The Kier molecular flexibility index (Phi) is 3.98. The molecule has 4 aliphatic rings. The fourth-order valence-electron chi connectivity index (χ4n) is 7.43. The number of likely N-dealkylation sites (N-methyl/N-ethyl adjacent to an activating group) is 1. The van der Waals surface area contributed by atoms with Gasteiger partial charge in [-0.15, -0.1) is 0 Å². The number of Topliss-reactive ketones (excluding diaryl/α,β-unsaturated/α-hetero) is 1. The van der Waals surface area contributed by atoms with Crippen LogP contribution in [0.1, 0.15) is 43.7 Å². The molecule has 0 radical (unpaired) electrons. The molecule has 5 rings (SSSR count).